The van der Waals surface area contributed by atoms with Gasteiger partial charge in [-0.2, -0.15) is 0 Å². The zero-order valence-electron chi connectivity index (χ0n) is 8.17. The Morgan fingerprint density at radius 1 is 1.31 bits per heavy atom. The van der Waals surface area contributed by atoms with E-state index in [1.807, 2.05) is 0 Å². The van der Waals surface area contributed by atoms with Gasteiger partial charge in [0.15, 0.2) is 0 Å². The molecule has 0 unspecified atom stereocenters. The number of hydrogen-bond donors (Lipinski definition) is 2. The number of anilines is 1. The molecule has 2 nitrogen and oxygen atoms in total. The summed E-state index contributed by atoms with van der Waals surface area (Å²) >= 11 is 0. The Morgan fingerprint density at radius 2 is 2.08 bits per heavy atom. The van der Waals surface area contributed by atoms with Gasteiger partial charge in [-0.25, -0.2) is 0 Å². The fraction of sp³-hybridized carbons (Fsp3) is 0.455. The molecule has 1 heterocycles. The van der Waals surface area contributed by atoms with Crippen LogP contribution in [0.4, 0.5) is 5.69 Å². The van der Waals surface area contributed by atoms with Crippen LogP contribution in [0, 0.1) is 5.92 Å². The molecule has 2 rings (SSSR count). The Morgan fingerprint density at radius 3 is 2.85 bits per heavy atom. The van der Waals surface area contributed by atoms with Crippen LogP contribution in [0.15, 0.2) is 24.3 Å². The van der Waals surface area contributed by atoms with Crippen molar-refractivity contribution in [1.82, 2.24) is 5.32 Å². The van der Waals surface area contributed by atoms with Gasteiger partial charge in [-0.3, -0.25) is 5.32 Å². The minimum Gasteiger partial charge on any atom is -0.372 e. The molecule has 70 valence electrons. The molecule has 2 heteroatoms. The fourth-order valence-electron chi connectivity index (χ4n) is 1.89. The van der Waals surface area contributed by atoms with Crippen molar-refractivity contribution in [2.24, 2.45) is 5.92 Å². The van der Waals surface area contributed by atoms with Crippen molar-refractivity contribution in [3.05, 3.63) is 29.8 Å². The largest absolute Gasteiger partial charge is 0.372 e. The van der Waals surface area contributed by atoms with E-state index in [1.54, 1.807) is 0 Å². The first-order valence-corrected chi connectivity index (χ1v) is 4.85. The van der Waals surface area contributed by atoms with Gasteiger partial charge < -0.3 is 5.32 Å². The molecular weight excluding hydrogens is 160 g/mol. The average molecular weight is 176 g/mol. The van der Waals surface area contributed by atoms with Crippen molar-refractivity contribution in [2.75, 3.05) is 12.0 Å². The van der Waals surface area contributed by atoms with E-state index in [9.17, 15) is 0 Å². The second-order valence-electron chi connectivity index (χ2n) is 3.87. The molecule has 1 aliphatic heterocycles. The average Bonchev–Trinajstić information content (AvgIpc) is 2.17. The highest BCUT2D eigenvalue weighted by atomic mass is 15.1. The first-order valence-electron chi connectivity index (χ1n) is 4.85. The summed E-state index contributed by atoms with van der Waals surface area (Å²) in [4.78, 5) is 0. The van der Waals surface area contributed by atoms with E-state index in [4.69, 9.17) is 0 Å². The summed E-state index contributed by atoms with van der Waals surface area (Å²) in [6.45, 7) is 5.37. The molecule has 0 radical (unpaired) electrons. The molecule has 1 aromatic rings. The molecule has 0 aromatic heterocycles. The number of fused-ring (bicyclic) bond motifs is 1. The van der Waals surface area contributed by atoms with Gasteiger partial charge in [-0.15, -0.1) is 0 Å². The van der Waals surface area contributed by atoms with Crippen molar-refractivity contribution in [1.29, 1.82) is 0 Å². The molecule has 1 atom stereocenters. The maximum Gasteiger partial charge on any atom is 0.0658 e. The van der Waals surface area contributed by atoms with Gasteiger partial charge in [-0.05, 0) is 17.5 Å². The SMILES string of the molecule is CC(C)[C@@H]1NCNc2ccccc21. The van der Waals surface area contributed by atoms with Crippen LogP contribution in [0.25, 0.3) is 0 Å². The van der Waals surface area contributed by atoms with Crippen LogP contribution < -0.4 is 10.6 Å². The van der Waals surface area contributed by atoms with Gasteiger partial charge >= 0.3 is 0 Å². The van der Waals surface area contributed by atoms with E-state index in [2.05, 4.69) is 48.7 Å². The molecule has 0 bridgehead atoms. The normalized spacial score (nSPS) is 21.0. The predicted octanol–water partition coefficient (Wildman–Crippen LogP) is 2.36. The van der Waals surface area contributed by atoms with E-state index in [-0.39, 0.29) is 0 Å². The summed E-state index contributed by atoms with van der Waals surface area (Å²) in [5.74, 6) is 0.642. The Labute approximate surface area is 79.4 Å². The highest BCUT2D eigenvalue weighted by Gasteiger charge is 2.20. The third kappa shape index (κ3) is 1.54. The van der Waals surface area contributed by atoms with Crippen molar-refractivity contribution >= 4 is 5.69 Å². The van der Waals surface area contributed by atoms with Crippen LogP contribution in [0.5, 0.6) is 0 Å². The van der Waals surface area contributed by atoms with Gasteiger partial charge in [0.05, 0.1) is 6.67 Å². The molecule has 0 saturated heterocycles. The van der Waals surface area contributed by atoms with Gasteiger partial charge in [0.25, 0.3) is 0 Å². The minimum absolute atomic E-state index is 0.498. The van der Waals surface area contributed by atoms with Gasteiger partial charge in [-0.1, -0.05) is 32.0 Å². The monoisotopic (exact) mass is 176 g/mol. The Kier molecular flexibility index (Phi) is 2.23. The lowest BCUT2D eigenvalue weighted by Crippen LogP contribution is -2.35. The third-order valence-corrected chi connectivity index (χ3v) is 2.56. The number of benzene rings is 1. The zero-order valence-corrected chi connectivity index (χ0v) is 8.17. The van der Waals surface area contributed by atoms with Crippen LogP contribution in [0.1, 0.15) is 25.5 Å². The Hall–Kier alpha value is -1.02. The van der Waals surface area contributed by atoms with Crippen LogP contribution in [0.3, 0.4) is 0 Å². The van der Waals surface area contributed by atoms with E-state index in [1.165, 1.54) is 11.3 Å². The smallest absolute Gasteiger partial charge is 0.0658 e. The second kappa shape index (κ2) is 3.38. The molecule has 0 spiro atoms. The summed E-state index contributed by atoms with van der Waals surface area (Å²) in [6, 6.07) is 9.01. The highest BCUT2D eigenvalue weighted by molar-refractivity contribution is 5.54. The zero-order chi connectivity index (χ0) is 9.26. The van der Waals surface area contributed by atoms with E-state index >= 15 is 0 Å². The van der Waals surface area contributed by atoms with Crippen LogP contribution >= 0.6 is 0 Å². The summed E-state index contributed by atoms with van der Waals surface area (Å²) < 4.78 is 0. The van der Waals surface area contributed by atoms with Crippen molar-refractivity contribution in [3.63, 3.8) is 0 Å². The Balaban J connectivity index is 2.37. The third-order valence-electron chi connectivity index (χ3n) is 2.56. The van der Waals surface area contributed by atoms with Crippen molar-refractivity contribution in [3.8, 4) is 0 Å². The summed E-state index contributed by atoms with van der Waals surface area (Å²) in [5, 5.41) is 6.80. The molecule has 0 fully saturated rings. The molecule has 0 saturated carbocycles. The highest BCUT2D eigenvalue weighted by Crippen LogP contribution is 2.30. The predicted molar refractivity (Wildman–Crippen MR) is 55.6 cm³/mol. The fourth-order valence-corrected chi connectivity index (χ4v) is 1.89. The lowest BCUT2D eigenvalue weighted by Gasteiger charge is -2.30. The maximum atomic E-state index is 3.46. The van der Waals surface area contributed by atoms with Gasteiger partial charge in [0.1, 0.15) is 0 Å². The van der Waals surface area contributed by atoms with Crippen LogP contribution in [0.2, 0.25) is 0 Å². The lowest BCUT2D eigenvalue weighted by atomic mass is 9.93. The van der Waals surface area contributed by atoms with Gasteiger partial charge in [0.2, 0.25) is 0 Å². The summed E-state index contributed by atoms with van der Waals surface area (Å²) in [6.07, 6.45) is 0. The van der Waals surface area contributed by atoms with Crippen molar-refractivity contribution < 1.29 is 0 Å². The van der Waals surface area contributed by atoms with Gasteiger partial charge in [0, 0.05) is 11.7 Å². The van der Waals surface area contributed by atoms with Crippen LogP contribution in [-0.2, 0) is 0 Å². The molecule has 0 amide bonds. The number of para-hydroxylation sites is 1. The topological polar surface area (TPSA) is 24.1 Å². The molecule has 2 N–H and O–H groups in total. The quantitative estimate of drug-likeness (QED) is 0.686. The maximum absolute atomic E-state index is 3.46. The molecule has 13 heavy (non-hydrogen) atoms. The summed E-state index contributed by atoms with van der Waals surface area (Å²) in [5.41, 5.74) is 2.67. The number of nitrogens with one attached hydrogen (secondary N) is 2. The number of rotatable bonds is 1. The first-order chi connectivity index (χ1) is 6.29. The minimum atomic E-state index is 0.498. The van der Waals surface area contributed by atoms with Crippen molar-refractivity contribution in [2.45, 2.75) is 19.9 Å². The van der Waals surface area contributed by atoms with E-state index in [0.717, 1.165) is 6.67 Å². The lowest BCUT2D eigenvalue weighted by molar-refractivity contribution is 0.414. The first kappa shape index (κ1) is 8.57. The van der Waals surface area contributed by atoms with E-state index in [0.29, 0.717) is 12.0 Å². The second-order valence-corrected chi connectivity index (χ2v) is 3.87. The van der Waals surface area contributed by atoms with E-state index < -0.39 is 0 Å². The van der Waals surface area contributed by atoms with Crippen LogP contribution in [-0.4, -0.2) is 6.67 Å². The summed E-state index contributed by atoms with van der Waals surface area (Å²) in [7, 11) is 0. The molecule has 1 aliphatic rings. The Bertz CT molecular complexity index is 294. The standard InChI is InChI=1S/C11H16N2/c1-8(2)11-9-5-3-4-6-10(9)12-7-13-11/h3-6,8,11-13H,7H2,1-2H3/t11-/m0/s1. The number of hydrogen-bond acceptors (Lipinski definition) is 2. The molecular formula is C11H16N2. The molecule has 0 aliphatic carbocycles. The molecule has 1 aromatic carbocycles.